The van der Waals surface area contributed by atoms with Gasteiger partial charge in [-0.15, -0.1) is 0 Å². The van der Waals surface area contributed by atoms with Gasteiger partial charge in [-0.1, -0.05) is 46.3 Å². The number of benzene rings is 2. The van der Waals surface area contributed by atoms with E-state index < -0.39 is 10.0 Å². The second kappa shape index (κ2) is 7.05. The summed E-state index contributed by atoms with van der Waals surface area (Å²) >= 11 is 6.60. The maximum Gasteiger partial charge on any atom is 0.241 e. The van der Waals surface area contributed by atoms with E-state index in [1.165, 1.54) is 0 Å². The van der Waals surface area contributed by atoms with Crippen molar-refractivity contribution in [2.45, 2.75) is 24.3 Å². The van der Waals surface area contributed by atoms with Crippen LogP contribution < -0.4 is 4.72 Å². The van der Waals surface area contributed by atoms with Crippen LogP contribution in [0.4, 0.5) is 0 Å². The van der Waals surface area contributed by atoms with Gasteiger partial charge in [-0.2, -0.15) is 0 Å². The van der Waals surface area contributed by atoms with Crippen LogP contribution in [-0.4, -0.2) is 14.5 Å². The van der Waals surface area contributed by atoms with Crippen LogP contribution in [0, 0.1) is 0 Å². The monoisotopic (exact) mass is 431 g/mol. The third-order valence-electron chi connectivity index (χ3n) is 2.92. The van der Waals surface area contributed by atoms with E-state index in [9.17, 15) is 8.42 Å². The summed E-state index contributed by atoms with van der Waals surface area (Å²) in [5, 5.41) is 0. The number of hydrogen-bond donors (Lipinski definition) is 1. The molecule has 0 spiro atoms. The van der Waals surface area contributed by atoms with E-state index in [1.54, 1.807) is 18.2 Å². The van der Waals surface area contributed by atoms with E-state index in [-0.39, 0.29) is 10.9 Å². The number of sulfonamides is 1. The van der Waals surface area contributed by atoms with Gasteiger partial charge in [-0.25, -0.2) is 13.1 Å². The predicted molar refractivity (Wildman–Crippen MR) is 91.8 cm³/mol. The molecule has 0 saturated heterocycles. The molecule has 0 aromatic heterocycles. The Bertz CT molecular complexity index is 718. The summed E-state index contributed by atoms with van der Waals surface area (Å²) in [6, 6.07) is 14.6. The zero-order valence-corrected chi connectivity index (χ0v) is 15.4. The summed E-state index contributed by atoms with van der Waals surface area (Å²) in [5.41, 5.74) is 1.10. The summed E-state index contributed by atoms with van der Waals surface area (Å²) < 4.78 is 28.9. The molecule has 2 aromatic rings. The Morgan fingerprint density at radius 2 is 1.76 bits per heavy atom. The third kappa shape index (κ3) is 4.64. The molecule has 6 heteroatoms. The molecule has 0 heterocycles. The van der Waals surface area contributed by atoms with Crippen LogP contribution >= 0.6 is 31.9 Å². The second-order valence-electron chi connectivity index (χ2n) is 4.79. The summed E-state index contributed by atoms with van der Waals surface area (Å²) in [6.07, 6.45) is 0.647. The van der Waals surface area contributed by atoms with Gasteiger partial charge < -0.3 is 0 Å². The van der Waals surface area contributed by atoms with E-state index in [4.69, 9.17) is 0 Å². The van der Waals surface area contributed by atoms with E-state index in [0.29, 0.717) is 10.9 Å². The lowest BCUT2D eigenvalue weighted by atomic mass is 10.1. The summed E-state index contributed by atoms with van der Waals surface area (Å²) in [6.45, 7) is 1.86. The van der Waals surface area contributed by atoms with Crippen LogP contribution in [0.2, 0.25) is 0 Å². The zero-order valence-electron chi connectivity index (χ0n) is 11.4. The van der Waals surface area contributed by atoms with E-state index >= 15 is 0 Å². The Labute approximate surface area is 142 Å². The molecule has 1 N–H and O–H groups in total. The molecule has 2 rings (SSSR count). The predicted octanol–water partition coefficient (Wildman–Crippen LogP) is 4.12. The van der Waals surface area contributed by atoms with Crippen molar-refractivity contribution >= 4 is 41.9 Å². The van der Waals surface area contributed by atoms with Gasteiger partial charge in [0.2, 0.25) is 10.0 Å². The van der Waals surface area contributed by atoms with E-state index in [1.807, 2.05) is 37.3 Å². The summed E-state index contributed by atoms with van der Waals surface area (Å²) in [4.78, 5) is 0.241. The maximum absolute atomic E-state index is 12.4. The molecule has 0 aliphatic rings. The Morgan fingerprint density at radius 1 is 1.10 bits per heavy atom. The average Bonchev–Trinajstić information content (AvgIpc) is 2.38. The fourth-order valence-corrected chi connectivity index (χ4v) is 5.02. The Kier molecular flexibility index (Phi) is 5.60. The Balaban J connectivity index is 2.13. The summed E-state index contributed by atoms with van der Waals surface area (Å²) in [5.74, 6) is 0. The molecule has 0 aliphatic carbocycles. The third-order valence-corrected chi connectivity index (χ3v) is 5.98. The molecule has 0 saturated carbocycles. The van der Waals surface area contributed by atoms with Gasteiger partial charge in [-0.05, 0) is 53.0 Å². The number of nitrogens with one attached hydrogen (secondary N) is 1. The molecule has 0 fully saturated rings. The van der Waals surface area contributed by atoms with Crippen LogP contribution in [0.15, 0.2) is 62.4 Å². The van der Waals surface area contributed by atoms with Gasteiger partial charge in [0.25, 0.3) is 0 Å². The van der Waals surface area contributed by atoms with Crippen LogP contribution in [-0.2, 0) is 16.4 Å². The number of hydrogen-bond acceptors (Lipinski definition) is 2. The summed E-state index contributed by atoms with van der Waals surface area (Å²) in [7, 11) is -3.54. The number of rotatable bonds is 5. The van der Waals surface area contributed by atoms with Crippen molar-refractivity contribution in [3.05, 3.63) is 63.0 Å². The minimum atomic E-state index is -3.54. The largest absolute Gasteiger partial charge is 0.241 e. The fraction of sp³-hybridized carbons (Fsp3) is 0.200. The molecule has 0 bridgehead atoms. The Morgan fingerprint density at radius 3 is 2.38 bits per heavy atom. The molecule has 2 aromatic carbocycles. The first kappa shape index (κ1) is 16.7. The molecule has 3 nitrogen and oxygen atoms in total. The molecular formula is C15H15Br2NO2S. The lowest BCUT2D eigenvalue weighted by Crippen LogP contribution is -2.34. The topological polar surface area (TPSA) is 46.2 Å². The lowest BCUT2D eigenvalue weighted by Gasteiger charge is -2.15. The fourth-order valence-electron chi connectivity index (χ4n) is 2.03. The second-order valence-corrected chi connectivity index (χ2v) is 8.24. The van der Waals surface area contributed by atoms with Gasteiger partial charge >= 0.3 is 0 Å². The van der Waals surface area contributed by atoms with Gasteiger partial charge in [-0.3, -0.25) is 0 Å². The molecule has 0 amide bonds. The van der Waals surface area contributed by atoms with Gasteiger partial charge in [0.15, 0.2) is 0 Å². The highest BCUT2D eigenvalue weighted by Gasteiger charge is 2.20. The van der Waals surface area contributed by atoms with Crippen LogP contribution in [0.3, 0.4) is 0 Å². The minimum absolute atomic E-state index is 0.187. The standard InChI is InChI=1S/C15H15Br2NO2S/c1-11(9-12-5-3-2-4-6-12)18-21(19,20)15-8-7-13(16)10-14(15)17/h2-8,10-11,18H,9H2,1H3. The van der Waals surface area contributed by atoms with Crippen molar-refractivity contribution in [2.75, 3.05) is 0 Å². The number of halogens is 2. The first-order chi connectivity index (χ1) is 9.88. The van der Waals surface area contributed by atoms with Crippen LogP contribution in [0.1, 0.15) is 12.5 Å². The molecule has 21 heavy (non-hydrogen) atoms. The molecule has 0 aliphatic heterocycles. The van der Waals surface area contributed by atoms with E-state index in [2.05, 4.69) is 36.6 Å². The van der Waals surface area contributed by atoms with Crippen LogP contribution in [0.5, 0.6) is 0 Å². The van der Waals surface area contributed by atoms with Crippen molar-refractivity contribution in [3.63, 3.8) is 0 Å². The van der Waals surface area contributed by atoms with Gasteiger partial charge in [0.1, 0.15) is 0 Å². The molecule has 112 valence electrons. The van der Waals surface area contributed by atoms with Crippen molar-refractivity contribution in [1.82, 2.24) is 4.72 Å². The first-order valence-electron chi connectivity index (χ1n) is 6.40. The SMILES string of the molecule is CC(Cc1ccccc1)NS(=O)(=O)c1ccc(Br)cc1Br. The van der Waals surface area contributed by atoms with Crippen molar-refractivity contribution in [3.8, 4) is 0 Å². The zero-order chi connectivity index (χ0) is 15.5. The maximum atomic E-state index is 12.4. The van der Waals surface area contributed by atoms with Crippen molar-refractivity contribution in [1.29, 1.82) is 0 Å². The minimum Gasteiger partial charge on any atom is -0.208 e. The average molecular weight is 433 g/mol. The molecule has 0 radical (unpaired) electrons. The quantitative estimate of drug-likeness (QED) is 0.772. The lowest BCUT2D eigenvalue weighted by molar-refractivity contribution is 0.559. The van der Waals surface area contributed by atoms with E-state index in [0.717, 1.165) is 10.0 Å². The smallest absolute Gasteiger partial charge is 0.208 e. The highest BCUT2D eigenvalue weighted by atomic mass is 79.9. The Hall–Kier alpha value is -0.690. The first-order valence-corrected chi connectivity index (χ1v) is 9.47. The molecule has 1 atom stereocenters. The van der Waals surface area contributed by atoms with Crippen molar-refractivity contribution in [2.24, 2.45) is 0 Å². The highest BCUT2D eigenvalue weighted by Crippen LogP contribution is 2.25. The van der Waals surface area contributed by atoms with Gasteiger partial charge in [0, 0.05) is 15.0 Å². The van der Waals surface area contributed by atoms with Crippen LogP contribution in [0.25, 0.3) is 0 Å². The van der Waals surface area contributed by atoms with Crippen molar-refractivity contribution < 1.29 is 8.42 Å². The molecule has 1 unspecified atom stereocenters. The highest BCUT2D eigenvalue weighted by molar-refractivity contribution is 9.11. The normalized spacial score (nSPS) is 13.1. The van der Waals surface area contributed by atoms with Gasteiger partial charge in [0.05, 0.1) is 4.90 Å². The molecular weight excluding hydrogens is 418 g/mol.